The maximum atomic E-state index is 12.5. The smallest absolute Gasteiger partial charge is 0.274 e. The number of aromatic nitrogens is 2. The Morgan fingerprint density at radius 2 is 2.20 bits per heavy atom. The van der Waals surface area contributed by atoms with Gasteiger partial charge in [0.05, 0.1) is 17.9 Å². The molecule has 1 atom stereocenters. The number of carbonyl (C=O) groups excluding carboxylic acids is 1. The first-order valence-corrected chi connectivity index (χ1v) is 6.59. The Kier molecular flexibility index (Phi) is 3.99. The topological polar surface area (TPSA) is 64.2 Å². The third-order valence-electron chi connectivity index (χ3n) is 3.40. The number of rotatable bonds is 3. The summed E-state index contributed by atoms with van der Waals surface area (Å²) in [6.45, 7) is 1.94. The summed E-state index contributed by atoms with van der Waals surface area (Å²) in [4.78, 5) is 14.1. The fraction of sp³-hybridized carbons (Fsp3) is 0.286. The van der Waals surface area contributed by atoms with Crippen molar-refractivity contribution in [3.05, 3.63) is 46.7 Å². The third kappa shape index (κ3) is 2.63. The van der Waals surface area contributed by atoms with Crippen molar-refractivity contribution in [2.75, 3.05) is 12.8 Å². The van der Waals surface area contributed by atoms with Crippen LogP contribution >= 0.6 is 11.6 Å². The van der Waals surface area contributed by atoms with Gasteiger partial charge in [-0.3, -0.25) is 9.48 Å². The monoisotopic (exact) mass is 292 g/mol. The number of hydrogen-bond donors (Lipinski definition) is 1. The minimum Gasteiger partial charge on any atom is -0.396 e. The predicted octanol–water partition coefficient (Wildman–Crippen LogP) is 2.49. The molecule has 0 spiro atoms. The minimum absolute atomic E-state index is 0.115. The first-order chi connectivity index (χ1) is 9.41. The maximum Gasteiger partial charge on any atom is 0.274 e. The van der Waals surface area contributed by atoms with E-state index in [1.165, 1.54) is 10.9 Å². The molecule has 1 aromatic carbocycles. The number of benzene rings is 1. The van der Waals surface area contributed by atoms with Crippen molar-refractivity contribution in [3.63, 3.8) is 0 Å². The summed E-state index contributed by atoms with van der Waals surface area (Å²) < 4.78 is 1.48. The van der Waals surface area contributed by atoms with Gasteiger partial charge in [0.1, 0.15) is 5.69 Å². The van der Waals surface area contributed by atoms with Gasteiger partial charge in [-0.15, -0.1) is 0 Å². The Morgan fingerprint density at radius 3 is 2.75 bits per heavy atom. The molecule has 2 N–H and O–H groups in total. The molecule has 0 bridgehead atoms. The van der Waals surface area contributed by atoms with Crippen molar-refractivity contribution >= 4 is 23.2 Å². The quantitative estimate of drug-likeness (QED) is 0.945. The van der Waals surface area contributed by atoms with Crippen LogP contribution in [0.4, 0.5) is 5.69 Å². The largest absolute Gasteiger partial charge is 0.396 e. The number of nitrogens with zero attached hydrogens (tertiary/aromatic N) is 3. The summed E-state index contributed by atoms with van der Waals surface area (Å²) in [5, 5.41) is 4.64. The number of hydrogen-bond acceptors (Lipinski definition) is 3. The molecule has 1 heterocycles. The highest BCUT2D eigenvalue weighted by atomic mass is 35.5. The van der Waals surface area contributed by atoms with E-state index in [9.17, 15) is 4.79 Å². The Bertz CT molecular complexity index is 618. The van der Waals surface area contributed by atoms with E-state index in [-0.39, 0.29) is 11.9 Å². The number of anilines is 1. The lowest BCUT2D eigenvalue weighted by molar-refractivity contribution is 0.0732. The molecule has 6 heteroatoms. The number of nitrogen functional groups attached to an aromatic ring is 1. The summed E-state index contributed by atoms with van der Waals surface area (Å²) in [6.07, 6.45) is 1.48. The fourth-order valence-electron chi connectivity index (χ4n) is 2.05. The summed E-state index contributed by atoms with van der Waals surface area (Å²) in [7, 11) is 3.43. The molecule has 1 unspecified atom stereocenters. The second kappa shape index (κ2) is 5.54. The minimum atomic E-state index is -0.171. The van der Waals surface area contributed by atoms with E-state index in [2.05, 4.69) is 5.10 Å². The normalized spacial score (nSPS) is 12.2. The third-order valence-corrected chi connectivity index (χ3v) is 3.64. The second-order valence-corrected chi connectivity index (χ2v) is 5.16. The summed E-state index contributed by atoms with van der Waals surface area (Å²) in [6, 6.07) is 7.34. The molecule has 1 amide bonds. The van der Waals surface area contributed by atoms with Crippen molar-refractivity contribution < 1.29 is 4.79 Å². The molecule has 2 aromatic rings. The van der Waals surface area contributed by atoms with E-state index in [0.717, 1.165) is 5.56 Å². The van der Waals surface area contributed by atoms with Crippen LogP contribution in [0.3, 0.4) is 0 Å². The molecule has 0 fully saturated rings. The van der Waals surface area contributed by atoms with Gasteiger partial charge in [0.2, 0.25) is 0 Å². The number of carbonyl (C=O) groups is 1. The number of amides is 1. The molecule has 20 heavy (non-hydrogen) atoms. The average molecular weight is 293 g/mol. The molecule has 0 aliphatic heterocycles. The summed E-state index contributed by atoms with van der Waals surface area (Å²) in [5.74, 6) is -0.171. The van der Waals surface area contributed by atoms with Gasteiger partial charge in [0.25, 0.3) is 5.91 Å². The van der Waals surface area contributed by atoms with E-state index in [1.54, 1.807) is 25.1 Å². The van der Waals surface area contributed by atoms with Crippen LogP contribution in [0.2, 0.25) is 5.02 Å². The van der Waals surface area contributed by atoms with Gasteiger partial charge in [0, 0.05) is 19.1 Å². The van der Waals surface area contributed by atoms with Crippen molar-refractivity contribution in [2.24, 2.45) is 7.05 Å². The second-order valence-electron chi connectivity index (χ2n) is 4.72. The molecule has 0 saturated heterocycles. The van der Waals surface area contributed by atoms with E-state index >= 15 is 0 Å². The maximum absolute atomic E-state index is 12.5. The van der Waals surface area contributed by atoms with Crippen molar-refractivity contribution in [1.29, 1.82) is 0 Å². The molecule has 5 nitrogen and oxygen atoms in total. The molecule has 106 valence electrons. The summed E-state index contributed by atoms with van der Waals surface area (Å²) >= 11 is 5.99. The fourth-order valence-corrected chi connectivity index (χ4v) is 2.25. The van der Waals surface area contributed by atoms with E-state index in [0.29, 0.717) is 16.4 Å². The van der Waals surface area contributed by atoms with Crippen LogP contribution in [0.25, 0.3) is 0 Å². The standard InChI is InChI=1S/C14H17ClN4O/c1-9(10-5-4-6-11(15)7-10)18(2)14(20)13-12(16)8-17-19(13)3/h4-9H,16H2,1-3H3. The van der Waals surface area contributed by atoms with Gasteiger partial charge in [0.15, 0.2) is 0 Å². The summed E-state index contributed by atoms with van der Waals surface area (Å²) in [5.41, 5.74) is 7.53. The molecule has 0 aliphatic rings. The van der Waals surface area contributed by atoms with Gasteiger partial charge >= 0.3 is 0 Å². The van der Waals surface area contributed by atoms with Gasteiger partial charge in [-0.05, 0) is 24.6 Å². The Labute approximate surface area is 122 Å². The number of nitrogens with two attached hydrogens (primary N) is 1. The van der Waals surface area contributed by atoms with Gasteiger partial charge in [-0.2, -0.15) is 5.10 Å². The molecule has 0 saturated carbocycles. The SMILES string of the molecule is CC(c1cccc(Cl)c1)N(C)C(=O)c1c(N)cnn1C. The Morgan fingerprint density at radius 1 is 1.50 bits per heavy atom. The van der Waals surface area contributed by atoms with E-state index in [4.69, 9.17) is 17.3 Å². The zero-order valence-electron chi connectivity index (χ0n) is 11.7. The highest BCUT2D eigenvalue weighted by molar-refractivity contribution is 6.30. The van der Waals surface area contributed by atoms with Gasteiger partial charge < -0.3 is 10.6 Å². The van der Waals surface area contributed by atoms with Gasteiger partial charge in [-0.25, -0.2) is 0 Å². The molecular formula is C14H17ClN4O. The van der Waals surface area contributed by atoms with Crippen LogP contribution in [0.15, 0.2) is 30.5 Å². The van der Waals surface area contributed by atoms with Crippen LogP contribution in [0.5, 0.6) is 0 Å². The molecule has 0 aliphatic carbocycles. The highest BCUT2D eigenvalue weighted by Gasteiger charge is 2.23. The lowest BCUT2D eigenvalue weighted by atomic mass is 10.1. The van der Waals surface area contributed by atoms with Crippen LogP contribution in [0, 0.1) is 0 Å². The van der Waals surface area contributed by atoms with E-state index < -0.39 is 0 Å². The lowest BCUT2D eigenvalue weighted by Gasteiger charge is -2.25. The van der Waals surface area contributed by atoms with Crippen LogP contribution < -0.4 is 5.73 Å². The number of halogens is 1. The number of aryl methyl sites for hydroxylation is 1. The van der Waals surface area contributed by atoms with Gasteiger partial charge in [-0.1, -0.05) is 23.7 Å². The zero-order chi connectivity index (χ0) is 14.9. The van der Waals surface area contributed by atoms with Crippen LogP contribution in [0.1, 0.15) is 29.0 Å². The molecule has 0 radical (unpaired) electrons. The van der Waals surface area contributed by atoms with Crippen molar-refractivity contribution in [2.45, 2.75) is 13.0 Å². The van der Waals surface area contributed by atoms with E-state index in [1.807, 2.05) is 25.1 Å². The molecular weight excluding hydrogens is 276 g/mol. The average Bonchev–Trinajstić information content (AvgIpc) is 2.76. The first-order valence-electron chi connectivity index (χ1n) is 6.22. The zero-order valence-corrected chi connectivity index (χ0v) is 12.4. The van der Waals surface area contributed by atoms with Crippen molar-refractivity contribution in [3.8, 4) is 0 Å². The molecule has 1 aromatic heterocycles. The Balaban J connectivity index is 2.27. The Hall–Kier alpha value is -2.01. The van der Waals surface area contributed by atoms with Crippen LogP contribution in [-0.4, -0.2) is 27.6 Å². The lowest BCUT2D eigenvalue weighted by Crippen LogP contribution is -2.31. The predicted molar refractivity (Wildman–Crippen MR) is 79.6 cm³/mol. The van der Waals surface area contributed by atoms with Crippen molar-refractivity contribution in [1.82, 2.24) is 14.7 Å². The highest BCUT2D eigenvalue weighted by Crippen LogP contribution is 2.24. The first kappa shape index (κ1) is 14.4. The molecule has 2 rings (SSSR count). The van der Waals surface area contributed by atoms with Crippen LogP contribution in [-0.2, 0) is 7.05 Å².